The van der Waals surface area contributed by atoms with E-state index in [1.807, 2.05) is 6.92 Å². The van der Waals surface area contributed by atoms with Crippen LogP contribution in [0.1, 0.15) is 39.0 Å². The average molecular weight is 194 g/mol. The first-order valence-corrected chi connectivity index (χ1v) is 5.65. The summed E-state index contributed by atoms with van der Waals surface area (Å²) in [4.78, 5) is 11.2. The fraction of sp³-hybridized carbons (Fsp3) is 0.750. The van der Waals surface area contributed by atoms with Gasteiger partial charge in [-0.2, -0.15) is 0 Å². The van der Waals surface area contributed by atoms with Crippen molar-refractivity contribution in [3.8, 4) is 0 Å². The maximum absolute atomic E-state index is 11.2. The highest BCUT2D eigenvalue weighted by Crippen LogP contribution is 2.41. The monoisotopic (exact) mass is 194 g/mol. The molecule has 2 aliphatic carbocycles. The standard InChI is InChI=1S/C12H18O2/c1-2-12(13)14-11-8-7-9-5-3-4-6-10(9)11/h3-4,9-11H,2,5-8H2,1H3. The van der Waals surface area contributed by atoms with E-state index in [9.17, 15) is 4.79 Å². The first-order chi connectivity index (χ1) is 6.81. The molecule has 0 aromatic heterocycles. The summed E-state index contributed by atoms with van der Waals surface area (Å²) in [6, 6.07) is 0. The number of ether oxygens (including phenoxy) is 1. The maximum Gasteiger partial charge on any atom is 0.305 e. The summed E-state index contributed by atoms with van der Waals surface area (Å²) in [5, 5.41) is 0. The van der Waals surface area contributed by atoms with Crippen molar-refractivity contribution in [2.45, 2.75) is 45.1 Å². The summed E-state index contributed by atoms with van der Waals surface area (Å²) >= 11 is 0. The van der Waals surface area contributed by atoms with Gasteiger partial charge in [0.05, 0.1) is 0 Å². The molecule has 3 unspecified atom stereocenters. The summed E-state index contributed by atoms with van der Waals surface area (Å²) in [5.41, 5.74) is 0. The number of rotatable bonds is 2. The highest BCUT2D eigenvalue weighted by Gasteiger charge is 2.37. The molecule has 2 rings (SSSR count). The fourth-order valence-electron chi connectivity index (χ4n) is 2.67. The Balaban J connectivity index is 1.94. The fourth-order valence-corrected chi connectivity index (χ4v) is 2.67. The Labute approximate surface area is 85.3 Å². The third kappa shape index (κ3) is 1.84. The van der Waals surface area contributed by atoms with Gasteiger partial charge in [-0.3, -0.25) is 4.79 Å². The molecule has 0 aromatic rings. The molecular formula is C12H18O2. The minimum absolute atomic E-state index is 0.0368. The molecule has 2 heteroatoms. The highest BCUT2D eigenvalue weighted by atomic mass is 16.5. The van der Waals surface area contributed by atoms with Crippen molar-refractivity contribution >= 4 is 5.97 Å². The summed E-state index contributed by atoms with van der Waals surface area (Å²) in [6.45, 7) is 1.86. The van der Waals surface area contributed by atoms with E-state index in [-0.39, 0.29) is 12.1 Å². The largest absolute Gasteiger partial charge is 0.462 e. The molecule has 14 heavy (non-hydrogen) atoms. The van der Waals surface area contributed by atoms with Gasteiger partial charge in [0.1, 0.15) is 6.10 Å². The van der Waals surface area contributed by atoms with Crippen molar-refractivity contribution in [3.05, 3.63) is 12.2 Å². The third-order valence-electron chi connectivity index (χ3n) is 3.49. The minimum Gasteiger partial charge on any atom is -0.462 e. The maximum atomic E-state index is 11.2. The molecule has 0 radical (unpaired) electrons. The molecule has 0 spiro atoms. The number of carbonyl (C=O) groups excluding carboxylic acids is 1. The van der Waals surface area contributed by atoms with Crippen molar-refractivity contribution in [2.24, 2.45) is 11.8 Å². The summed E-state index contributed by atoms with van der Waals surface area (Å²) in [6.07, 6.45) is 9.81. The van der Waals surface area contributed by atoms with Gasteiger partial charge in [-0.05, 0) is 31.6 Å². The summed E-state index contributed by atoms with van der Waals surface area (Å²) in [5.74, 6) is 1.34. The molecule has 2 aliphatic rings. The molecule has 0 saturated heterocycles. The van der Waals surface area contributed by atoms with Gasteiger partial charge >= 0.3 is 5.97 Å². The van der Waals surface area contributed by atoms with Gasteiger partial charge in [-0.15, -0.1) is 0 Å². The number of hydrogen-bond acceptors (Lipinski definition) is 2. The lowest BCUT2D eigenvalue weighted by Crippen LogP contribution is -2.25. The molecule has 3 atom stereocenters. The van der Waals surface area contributed by atoms with E-state index in [1.165, 1.54) is 12.8 Å². The van der Waals surface area contributed by atoms with Gasteiger partial charge in [0, 0.05) is 12.3 Å². The Kier molecular flexibility index (Phi) is 2.90. The number of fused-ring (bicyclic) bond motifs is 1. The smallest absolute Gasteiger partial charge is 0.305 e. The number of carbonyl (C=O) groups is 1. The van der Waals surface area contributed by atoms with Gasteiger partial charge in [0.15, 0.2) is 0 Å². The zero-order valence-electron chi connectivity index (χ0n) is 8.74. The lowest BCUT2D eigenvalue weighted by atomic mass is 9.85. The van der Waals surface area contributed by atoms with Crippen LogP contribution >= 0.6 is 0 Å². The summed E-state index contributed by atoms with van der Waals surface area (Å²) in [7, 11) is 0. The van der Waals surface area contributed by atoms with Crippen LogP contribution in [0.15, 0.2) is 12.2 Å². The highest BCUT2D eigenvalue weighted by molar-refractivity contribution is 5.69. The van der Waals surface area contributed by atoms with E-state index in [2.05, 4.69) is 12.2 Å². The molecule has 0 bridgehead atoms. The molecule has 0 aliphatic heterocycles. The van der Waals surface area contributed by atoms with Crippen LogP contribution in [0.25, 0.3) is 0 Å². The average Bonchev–Trinajstić information content (AvgIpc) is 2.62. The predicted octanol–water partition coefficient (Wildman–Crippen LogP) is 2.68. The molecule has 78 valence electrons. The Hall–Kier alpha value is -0.790. The molecule has 1 fully saturated rings. The van der Waals surface area contributed by atoms with Gasteiger partial charge in [0.2, 0.25) is 0 Å². The van der Waals surface area contributed by atoms with Gasteiger partial charge < -0.3 is 4.74 Å². The zero-order valence-corrected chi connectivity index (χ0v) is 8.74. The number of allylic oxidation sites excluding steroid dienone is 2. The Morgan fingerprint density at radius 2 is 2.14 bits per heavy atom. The number of hydrogen-bond donors (Lipinski definition) is 0. The van der Waals surface area contributed by atoms with Crippen LogP contribution in [0, 0.1) is 11.8 Å². The first kappa shape index (κ1) is 9.75. The normalized spacial score (nSPS) is 35.4. The van der Waals surface area contributed by atoms with Gasteiger partial charge in [-0.1, -0.05) is 19.1 Å². The second-order valence-electron chi connectivity index (χ2n) is 4.33. The molecule has 0 heterocycles. The van der Waals surface area contributed by atoms with E-state index in [1.54, 1.807) is 0 Å². The van der Waals surface area contributed by atoms with Crippen LogP contribution < -0.4 is 0 Å². The van der Waals surface area contributed by atoms with E-state index in [0.29, 0.717) is 12.3 Å². The first-order valence-electron chi connectivity index (χ1n) is 5.65. The van der Waals surface area contributed by atoms with Crippen LogP contribution in [-0.4, -0.2) is 12.1 Å². The number of esters is 1. The van der Waals surface area contributed by atoms with Crippen molar-refractivity contribution in [1.29, 1.82) is 0 Å². The van der Waals surface area contributed by atoms with Crippen LogP contribution in [0.5, 0.6) is 0 Å². The topological polar surface area (TPSA) is 26.3 Å². The molecule has 0 amide bonds. The van der Waals surface area contributed by atoms with Crippen LogP contribution in [0.3, 0.4) is 0 Å². The Morgan fingerprint density at radius 3 is 2.93 bits per heavy atom. The zero-order chi connectivity index (χ0) is 9.97. The van der Waals surface area contributed by atoms with Crippen molar-refractivity contribution in [2.75, 3.05) is 0 Å². The summed E-state index contributed by atoms with van der Waals surface area (Å²) < 4.78 is 5.46. The lowest BCUT2D eigenvalue weighted by molar-refractivity contribution is -0.150. The van der Waals surface area contributed by atoms with Crippen molar-refractivity contribution in [1.82, 2.24) is 0 Å². The van der Waals surface area contributed by atoms with E-state index in [4.69, 9.17) is 4.74 Å². The van der Waals surface area contributed by atoms with Crippen molar-refractivity contribution in [3.63, 3.8) is 0 Å². The molecular weight excluding hydrogens is 176 g/mol. The minimum atomic E-state index is -0.0368. The van der Waals surface area contributed by atoms with E-state index in [0.717, 1.165) is 18.8 Å². The quantitative estimate of drug-likeness (QED) is 0.499. The second kappa shape index (κ2) is 4.16. The lowest BCUT2D eigenvalue weighted by Gasteiger charge is -2.25. The van der Waals surface area contributed by atoms with E-state index < -0.39 is 0 Å². The predicted molar refractivity (Wildman–Crippen MR) is 54.8 cm³/mol. The molecule has 0 aromatic carbocycles. The Morgan fingerprint density at radius 1 is 1.36 bits per heavy atom. The van der Waals surface area contributed by atoms with E-state index >= 15 is 0 Å². The Bertz CT molecular complexity index is 245. The van der Waals surface area contributed by atoms with Crippen LogP contribution in [-0.2, 0) is 9.53 Å². The van der Waals surface area contributed by atoms with Crippen LogP contribution in [0.2, 0.25) is 0 Å². The molecule has 0 N–H and O–H groups in total. The third-order valence-corrected chi connectivity index (χ3v) is 3.49. The second-order valence-corrected chi connectivity index (χ2v) is 4.33. The van der Waals surface area contributed by atoms with Crippen LogP contribution in [0.4, 0.5) is 0 Å². The molecule has 1 saturated carbocycles. The van der Waals surface area contributed by atoms with Crippen molar-refractivity contribution < 1.29 is 9.53 Å². The molecule has 2 nitrogen and oxygen atoms in total. The SMILES string of the molecule is CCC(=O)OC1CCC2CC=CCC21. The van der Waals surface area contributed by atoms with Gasteiger partial charge in [0.25, 0.3) is 0 Å². The van der Waals surface area contributed by atoms with Gasteiger partial charge in [-0.25, -0.2) is 0 Å².